The zero-order chi connectivity index (χ0) is 29.3. The minimum absolute atomic E-state index is 0.132. The van der Waals surface area contributed by atoms with Gasteiger partial charge in [-0.15, -0.1) is 10.2 Å². The second-order valence-electron chi connectivity index (χ2n) is 10.3. The Kier molecular flexibility index (Phi) is 6.25. The van der Waals surface area contributed by atoms with E-state index in [1.165, 1.54) is 23.1 Å². The molecule has 0 spiro atoms. The molecule has 4 aromatic rings. The molecule has 2 aliphatic rings. The molecule has 2 fully saturated rings. The molecule has 6 rings (SSSR count). The predicted molar refractivity (Wildman–Crippen MR) is 136 cm³/mol. The number of aliphatic hydroxyl groups is 1. The molecule has 216 valence electrons. The van der Waals surface area contributed by atoms with Crippen molar-refractivity contribution in [3.05, 3.63) is 48.1 Å². The van der Waals surface area contributed by atoms with Gasteiger partial charge in [0.05, 0.1) is 17.6 Å². The van der Waals surface area contributed by atoms with Crippen LogP contribution >= 0.6 is 0 Å². The number of H-pyrrole nitrogens is 1. The maximum Gasteiger partial charge on any atom is 0.420 e. The van der Waals surface area contributed by atoms with E-state index in [0.29, 0.717) is 24.0 Å². The summed E-state index contributed by atoms with van der Waals surface area (Å²) in [6.07, 6.45) is -0.397. The highest BCUT2D eigenvalue weighted by atomic mass is 32.2. The van der Waals surface area contributed by atoms with Gasteiger partial charge in [0.2, 0.25) is 5.82 Å². The van der Waals surface area contributed by atoms with Crippen LogP contribution in [0.1, 0.15) is 59.7 Å². The zero-order valence-electron chi connectivity index (χ0n) is 21.4. The average molecular weight is 592 g/mol. The van der Waals surface area contributed by atoms with Gasteiger partial charge < -0.3 is 20.7 Å². The number of piperidine rings is 1. The number of nitrogens with two attached hydrogens (primary N) is 1. The maximum atomic E-state index is 13.1. The molecular weight excluding hydrogens is 567 g/mol. The minimum Gasteiger partial charge on any atom is -0.382 e. The number of hydrogen-bond acceptors (Lipinski definition) is 10. The third-order valence-corrected chi connectivity index (χ3v) is 8.86. The summed E-state index contributed by atoms with van der Waals surface area (Å²) in [5, 5.41) is 21.2. The molecule has 0 saturated carbocycles. The molecule has 17 heteroatoms. The summed E-state index contributed by atoms with van der Waals surface area (Å²) in [5.41, 5.74) is 6.94. The van der Waals surface area contributed by atoms with Crippen LogP contribution < -0.4 is 5.73 Å². The van der Waals surface area contributed by atoms with Gasteiger partial charge in [-0.3, -0.25) is 9.78 Å². The fraction of sp³-hybridized carbons (Fsp3) is 0.417. The van der Waals surface area contributed by atoms with Crippen LogP contribution in [0, 0.1) is 0 Å². The Balaban J connectivity index is 1.40. The molecule has 0 aromatic carbocycles. The molecule has 2 saturated heterocycles. The highest BCUT2D eigenvalue weighted by Gasteiger charge is 2.46. The first-order valence-corrected chi connectivity index (χ1v) is 14.5. The van der Waals surface area contributed by atoms with E-state index in [2.05, 4.69) is 25.3 Å². The summed E-state index contributed by atoms with van der Waals surface area (Å²) in [5.74, 6) is -0.645. The first-order valence-electron chi connectivity index (χ1n) is 12.6. The Labute approximate surface area is 230 Å². The lowest BCUT2D eigenvalue weighted by atomic mass is 9.87. The van der Waals surface area contributed by atoms with Crippen molar-refractivity contribution in [2.45, 2.75) is 60.9 Å². The lowest BCUT2D eigenvalue weighted by molar-refractivity contribution is -0.207. The van der Waals surface area contributed by atoms with Crippen molar-refractivity contribution in [3.8, 4) is 11.1 Å². The minimum atomic E-state index is -4.87. The van der Waals surface area contributed by atoms with Crippen molar-refractivity contribution in [1.29, 1.82) is 0 Å². The molecule has 1 amide bonds. The Bertz CT molecular complexity index is 1730. The van der Waals surface area contributed by atoms with Crippen LogP contribution in [-0.4, -0.2) is 83.6 Å². The Morgan fingerprint density at radius 1 is 1.20 bits per heavy atom. The molecule has 2 bridgehead atoms. The van der Waals surface area contributed by atoms with Gasteiger partial charge in [0.1, 0.15) is 17.0 Å². The second-order valence-corrected chi connectivity index (χ2v) is 12.2. The molecule has 13 nitrogen and oxygen atoms in total. The Hall–Kier alpha value is -4.12. The molecule has 4 N–H and O–H groups in total. The topological polar surface area (TPSA) is 185 Å². The third kappa shape index (κ3) is 4.57. The number of amides is 1. The average Bonchev–Trinajstić information content (AvgIpc) is 3.65. The molecular formula is C24H24F3N9O4S. The number of aliphatic hydroxyl groups excluding tert-OH is 1. The largest absolute Gasteiger partial charge is 0.420 e. The number of nitrogens with one attached hydrogen (secondary N) is 1. The fourth-order valence-corrected chi connectivity index (χ4v) is 7.00. The number of halogens is 3. The van der Waals surface area contributed by atoms with Gasteiger partial charge >= 0.3 is 6.18 Å². The summed E-state index contributed by atoms with van der Waals surface area (Å²) in [6, 6.07) is 2.03. The van der Waals surface area contributed by atoms with Crippen LogP contribution in [0.2, 0.25) is 0 Å². The van der Waals surface area contributed by atoms with E-state index in [0.717, 1.165) is 31.4 Å². The van der Waals surface area contributed by atoms with Crippen molar-refractivity contribution >= 4 is 27.2 Å². The molecule has 2 aliphatic heterocycles. The van der Waals surface area contributed by atoms with E-state index in [4.69, 9.17) is 10.7 Å². The number of alkyl halides is 3. The number of carbonyl (C=O) groups excluding carboxylic acids is 1. The highest BCUT2D eigenvalue weighted by Crippen LogP contribution is 2.45. The summed E-state index contributed by atoms with van der Waals surface area (Å²) < 4.78 is 65.8. The van der Waals surface area contributed by atoms with Gasteiger partial charge in [0.25, 0.3) is 5.91 Å². The van der Waals surface area contributed by atoms with Gasteiger partial charge in [0.15, 0.2) is 21.6 Å². The maximum absolute atomic E-state index is 13.1. The Morgan fingerprint density at radius 3 is 2.46 bits per heavy atom. The van der Waals surface area contributed by atoms with E-state index in [9.17, 15) is 31.5 Å². The second kappa shape index (κ2) is 9.47. The van der Waals surface area contributed by atoms with E-state index in [1.54, 1.807) is 4.90 Å². The number of aromatic nitrogens is 7. The number of carbonyl (C=O) groups is 1. The molecule has 41 heavy (non-hydrogen) atoms. The number of anilines is 1. The zero-order valence-corrected chi connectivity index (χ0v) is 22.3. The summed E-state index contributed by atoms with van der Waals surface area (Å²) >= 11 is 0. The summed E-state index contributed by atoms with van der Waals surface area (Å²) in [7, 11) is -3.87. The van der Waals surface area contributed by atoms with Crippen molar-refractivity contribution in [3.63, 3.8) is 0 Å². The van der Waals surface area contributed by atoms with Gasteiger partial charge in [-0.2, -0.15) is 22.8 Å². The normalized spacial score (nSPS) is 21.9. The quantitative estimate of drug-likeness (QED) is 0.310. The molecule has 4 atom stereocenters. The van der Waals surface area contributed by atoms with Crippen LogP contribution in [0.25, 0.3) is 16.8 Å². The highest BCUT2D eigenvalue weighted by molar-refractivity contribution is 7.91. The molecule has 6 heterocycles. The Morgan fingerprint density at radius 2 is 1.90 bits per heavy atom. The van der Waals surface area contributed by atoms with Gasteiger partial charge in [-0.25, -0.2) is 13.4 Å². The summed E-state index contributed by atoms with van der Waals surface area (Å²) in [4.78, 5) is 25.9. The number of aromatic amines is 1. The first kappa shape index (κ1) is 27.1. The number of nitrogens with zero attached hydrogens (tertiary/aromatic N) is 7. The summed E-state index contributed by atoms with van der Waals surface area (Å²) in [6.45, 7) is 0. The first-order chi connectivity index (χ1) is 19.3. The number of rotatable bonds is 5. The van der Waals surface area contributed by atoms with E-state index in [1.807, 2.05) is 0 Å². The van der Waals surface area contributed by atoms with Crippen molar-refractivity contribution in [2.75, 3.05) is 12.0 Å². The number of nitrogen functional groups attached to an aromatic ring is 1. The van der Waals surface area contributed by atoms with Gasteiger partial charge in [-0.1, -0.05) is 6.07 Å². The van der Waals surface area contributed by atoms with E-state index in [-0.39, 0.29) is 51.8 Å². The van der Waals surface area contributed by atoms with Crippen LogP contribution in [0.5, 0.6) is 0 Å². The van der Waals surface area contributed by atoms with Crippen LogP contribution in [0.15, 0.2) is 35.7 Å². The van der Waals surface area contributed by atoms with Crippen LogP contribution in [-0.2, 0) is 9.84 Å². The third-order valence-electron chi connectivity index (χ3n) is 7.70. The number of fused-ring (bicyclic) bond motifs is 3. The lowest BCUT2D eigenvalue weighted by Crippen LogP contribution is -2.46. The van der Waals surface area contributed by atoms with Gasteiger partial charge in [-0.05, 0) is 31.7 Å². The van der Waals surface area contributed by atoms with E-state index >= 15 is 0 Å². The van der Waals surface area contributed by atoms with Crippen LogP contribution in [0.4, 0.5) is 19.0 Å². The number of hydrogen-bond donors (Lipinski definition) is 3. The standard InChI is InChI=1S/C24H24F3N9O4S/c1-41(39,40)18-17(12-6-13-3-4-14(7-12)35(13)23(38)21-30-10-31-34-21)33-22-15(9-32-36(22)20(18)28)11-2-5-16(29-8-11)19(37)24(25,26)27/h2,5,8-10,12-14,19,37H,3-4,6-7,28H2,1H3,(H,30,31,34)/t12-,13+,14-,19?. The van der Waals surface area contributed by atoms with Crippen molar-refractivity contribution < 1.29 is 31.5 Å². The SMILES string of the molecule is CS(=O)(=O)c1c([C@H]2C[C@H]3CC[C@@H](C2)N3C(=O)c2nnc[nH]2)nc2c(-c3ccc(C(O)C(F)(F)F)nc3)cnn2c1N. The van der Waals surface area contributed by atoms with Crippen LogP contribution in [0.3, 0.4) is 0 Å². The lowest BCUT2D eigenvalue weighted by Gasteiger charge is -2.38. The molecule has 1 unspecified atom stereocenters. The van der Waals surface area contributed by atoms with Crippen molar-refractivity contribution in [2.24, 2.45) is 0 Å². The molecule has 4 aromatic heterocycles. The molecule has 0 radical (unpaired) electrons. The fourth-order valence-electron chi connectivity index (χ4n) is 5.94. The van der Waals surface area contributed by atoms with Crippen molar-refractivity contribution in [1.82, 2.24) is 39.7 Å². The number of sulfone groups is 1. The van der Waals surface area contributed by atoms with E-state index < -0.39 is 27.8 Å². The predicted octanol–water partition coefficient (Wildman–Crippen LogP) is 2.04. The smallest absolute Gasteiger partial charge is 0.382 e. The van der Waals surface area contributed by atoms with Gasteiger partial charge in [0, 0.05) is 41.6 Å². The number of pyridine rings is 1. The monoisotopic (exact) mass is 591 g/mol. The molecule has 0 aliphatic carbocycles.